The van der Waals surface area contributed by atoms with Gasteiger partial charge >= 0.3 is 6.03 Å². The normalized spacial score (nSPS) is 12.9. The molecule has 1 aromatic heterocycles. The molecule has 0 radical (unpaired) electrons. The Morgan fingerprint density at radius 2 is 1.49 bits per heavy atom. The quantitative estimate of drug-likeness (QED) is 0.424. The van der Waals surface area contributed by atoms with Crippen LogP contribution in [0.3, 0.4) is 0 Å². The number of carbonyl (C=O) groups is 2. The van der Waals surface area contributed by atoms with Gasteiger partial charge in [0.1, 0.15) is 0 Å². The third-order valence-corrected chi connectivity index (χ3v) is 5.49. The molecule has 0 unspecified atom stereocenters. The van der Waals surface area contributed by atoms with E-state index in [1.165, 1.54) is 0 Å². The zero-order chi connectivity index (χ0) is 25.5. The van der Waals surface area contributed by atoms with Crippen LogP contribution in [0.2, 0.25) is 0 Å². The highest BCUT2D eigenvalue weighted by molar-refractivity contribution is 5.89. The maximum atomic E-state index is 12.3. The highest BCUT2D eigenvalue weighted by atomic mass is 16.2. The SMILES string of the molecule is CC.CC.O=Cc1cnc(N2CCC(CNC(=O)Nc3ccc(-c4ccccc4)cc3)CC2)nc1. The van der Waals surface area contributed by atoms with Gasteiger partial charge in [-0.1, -0.05) is 70.2 Å². The van der Waals surface area contributed by atoms with Crippen LogP contribution in [-0.2, 0) is 0 Å². The smallest absolute Gasteiger partial charge is 0.319 e. The molecule has 7 nitrogen and oxygen atoms in total. The van der Waals surface area contributed by atoms with Crippen molar-refractivity contribution in [3.8, 4) is 11.1 Å². The topological polar surface area (TPSA) is 87.2 Å². The minimum absolute atomic E-state index is 0.192. The Morgan fingerprint density at radius 3 is 2.06 bits per heavy atom. The molecular weight excluding hydrogens is 438 g/mol. The van der Waals surface area contributed by atoms with Crippen molar-refractivity contribution in [1.82, 2.24) is 15.3 Å². The molecule has 2 aromatic carbocycles. The third-order valence-electron chi connectivity index (χ3n) is 5.49. The van der Waals surface area contributed by atoms with Crippen molar-refractivity contribution in [2.24, 2.45) is 5.92 Å². The third kappa shape index (κ3) is 8.52. The van der Waals surface area contributed by atoms with E-state index in [9.17, 15) is 9.59 Å². The van der Waals surface area contributed by atoms with Crippen LogP contribution in [0.1, 0.15) is 50.9 Å². The first kappa shape index (κ1) is 27.5. The zero-order valence-corrected chi connectivity index (χ0v) is 21.2. The summed E-state index contributed by atoms with van der Waals surface area (Å²) in [5, 5.41) is 5.87. The van der Waals surface area contributed by atoms with Gasteiger partial charge in [-0.05, 0) is 42.0 Å². The Hall–Kier alpha value is -3.74. The minimum atomic E-state index is -0.192. The molecule has 0 bridgehead atoms. The van der Waals surface area contributed by atoms with Crippen LogP contribution in [0.5, 0.6) is 0 Å². The second kappa shape index (κ2) is 15.2. The predicted molar refractivity (Wildman–Crippen MR) is 144 cm³/mol. The van der Waals surface area contributed by atoms with Gasteiger partial charge in [0.2, 0.25) is 5.95 Å². The number of piperidine rings is 1. The van der Waals surface area contributed by atoms with Crippen LogP contribution in [0.25, 0.3) is 11.1 Å². The molecule has 4 rings (SSSR count). The molecule has 2 N–H and O–H groups in total. The number of nitrogens with one attached hydrogen (secondary N) is 2. The number of aromatic nitrogens is 2. The van der Waals surface area contributed by atoms with Crippen molar-refractivity contribution < 1.29 is 9.59 Å². The average Bonchev–Trinajstić information content (AvgIpc) is 2.95. The Labute approximate surface area is 209 Å². The summed E-state index contributed by atoms with van der Waals surface area (Å²) >= 11 is 0. The van der Waals surface area contributed by atoms with E-state index in [0.29, 0.717) is 24.0 Å². The fourth-order valence-electron chi connectivity index (χ4n) is 3.68. The van der Waals surface area contributed by atoms with E-state index in [4.69, 9.17) is 0 Å². The summed E-state index contributed by atoms with van der Waals surface area (Å²) in [6.07, 6.45) is 5.72. The molecule has 2 amide bonds. The number of carbonyl (C=O) groups excluding carboxylic acids is 2. The molecule has 1 saturated heterocycles. The van der Waals surface area contributed by atoms with E-state index in [1.54, 1.807) is 12.4 Å². The van der Waals surface area contributed by atoms with Crippen molar-refractivity contribution in [2.45, 2.75) is 40.5 Å². The van der Waals surface area contributed by atoms with Gasteiger partial charge in [0.05, 0.1) is 5.56 Å². The lowest BCUT2D eigenvalue weighted by atomic mass is 9.97. The van der Waals surface area contributed by atoms with Gasteiger partial charge in [0.25, 0.3) is 0 Å². The average molecular weight is 476 g/mol. The minimum Gasteiger partial charge on any atom is -0.341 e. The van der Waals surface area contributed by atoms with Crippen molar-refractivity contribution in [3.05, 3.63) is 72.6 Å². The van der Waals surface area contributed by atoms with Crippen LogP contribution in [-0.4, -0.2) is 41.9 Å². The van der Waals surface area contributed by atoms with Crippen LogP contribution < -0.4 is 15.5 Å². The summed E-state index contributed by atoms with van der Waals surface area (Å²) in [4.78, 5) is 33.6. The van der Waals surface area contributed by atoms with Crippen LogP contribution >= 0.6 is 0 Å². The van der Waals surface area contributed by atoms with E-state index in [-0.39, 0.29) is 6.03 Å². The Kier molecular flexibility index (Phi) is 12.0. The number of benzene rings is 2. The highest BCUT2D eigenvalue weighted by Crippen LogP contribution is 2.22. The maximum Gasteiger partial charge on any atom is 0.319 e. The first-order valence-electron chi connectivity index (χ1n) is 12.4. The number of urea groups is 1. The number of anilines is 2. The largest absolute Gasteiger partial charge is 0.341 e. The first-order valence-corrected chi connectivity index (χ1v) is 12.4. The van der Waals surface area contributed by atoms with Crippen LogP contribution in [0, 0.1) is 5.92 Å². The summed E-state index contributed by atoms with van der Waals surface area (Å²) in [5.41, 5.74) is 3.50. The Bertz CT molecular complexity index is 1000. The fourth-order valence-corrected chi connectivity index (χ4v) is 3.68. The second-order valence-electron chi connectivity index (χ2n) is 7.64. The molecule has 1 aliphatic heterocycles. The Morgan fingerprint density at radius 1 is 0.914 bits per heavy atom. The number of nitrogens with zero attached hydrogens (tertiary/aromatic N) is 3. The molecule has 3 aromatic rings. The van der Waals surface area contributed by atoms with Crippen LogP contribution in [0.4, 0.5) is 16.4 Å². The zero-order valence-electron chi connectivity index (χ0n) is 21.2. The molecule has 0 saturated carbocycles. The molecule has 0 aliphatic carbocycles. The van der Waals surface area contributed by atoms with Crippen molar-refractivity contribution in [3.63, 3.8) is 0 Å². The summed E-state index contributed by atoms with van der Waals surface area (Å²) in [5.74, 6) is 1.06. The van der Waals surface area contributed by atoms with Gasteiger partial charge in [0.15, 0.2) is 6.29 Å². The summed E-state index contributed by atoms with van der Waals surface area (Å²) in [7, 11) is 0. The van der Waals surface area contributed by atoms with Gasteiger partial charge in [-0.3, -0.25) is 4.79 Å². The molecule has 186 valence electrons. The molecule has 2 heterocycles. The number of hydrogen-bond acceptors (Lipinski definition) is 5. The van der Waals surface area contributed by atoms with Gasteiger partial charge in [-0.2, -0.15) is 0 Å². The molecule has 0 atom stereocenters. The van der Waals surface area contributed by atoms with E-state index < -0.39 is 0 Å². The summed E-state index contributed by atoms with van der Waals surface area (Å²) in [6.45, 7) is 10.3. The number of amides is 2. The van der Waals surface area contributed by atoms with Gasteiger partial charge in [-0.15, -0.1) is 0 Å². The number of rotatable bonds is 6. The van der Waals surface area contributed by atoms with E-state index >= 15 is 0 Å². The van der Waals surface area contributed by atoms with E-state index in [1.807, 2.05) is 70.2 Å². The van der Waals surface area contributed by atoms with E-state index in [2.05, 4.69) is 37.6 Å². The second-order valence-corrected chi connectivity index (χ2v) is 7.64. The predicted octanol–water partition coefficient (Wildman–Crippen LogP) is 6.05. The molecule has 35 heavy (non-hydrogen) atoms. The van der Waals surface area contributed by atoms with Gasteiger partial charge in [-0.25, -0.2) is 14.8 Å². The molecule has 1 aliphatic rings. The van der Waals surface area contributed by atoms with Crippen molar-refractivity contribution in [2.75, 3.05) is 29.9 Å². The van der Waals surface area contributed by atoms with Crippen LogP contribution in [0.15, 0.2) is 67.0 Å². The number of hydrogen-bond donors (Lipinski definition) is 2. The van der Waals surface area contributed by atoms with E-state index in [0.717, 1.165) is 49.0 Å². The Balaban J connectivity index is 0.00000103. The van der Waals surface area contributed by atoms with Gasteiger partial charge < -0.3 is 15.5 Å². The highest BCUT2D eigenvalue weighted by Gasteiger charge is 2.21. The summed E-state index contributed by atoms with van der Waals surface area (Å²) < 4.78 is 0. The lowest BCUT2D eigenvalue weighted by Gasteiger charge is -2.32. The number of aldehydes is 1. The fraction of sp³-hybridized carbons (Fsp3) is 0.357. The molecule has 1 fully saturated rings. The van der Waals surface area contributed by atoms with Crippen molar-refractivity contribution >= 4 is 24.0 Å². The van der Waals surface area contributed by atoms with Crippen molar-refractivity contribution in [1.29, 1.82) is 0 Å². The maximum absolute atomic E-state index is 12.3. The van der Waals surface area contributed by atoms with Gasteiger partial charge in [0, 0.05) is 37.7 Å². The first-order chi connectivity index (χ1) is 17.2. The lowest BCUT2D eigenvalue weighted by molar-refractivity contribution is 0.112. The monoisotopic (exact) mass is 475 g/mol. The standard InChI is InChI=1S/C24H25N5O2.2C2H6/c30-17-19-15-25-23(26-16-19)29-12-10-18(11-13-29)14-27-24(31)28-22-8-6-21(7-9-22)20-4-2-1-3-5-20;2*1-2/h1-9,15-18H,10-14H2,(H2,27,28,31);2*1-2H3. The molecule has 0 spiro atoms. The lowest BCUT2D eigenvalue weighted by Crippen LogP contribution is -2.40. The molecule has 7 heteroatoms. The summed E-state index contributed by atoms with van der Waals surface area (Å²) in [6, 6.07) is 17.8. The molecular formula is C28H37N5O2.